The number of nitrogens with zero attached hydrogens (tertiary/aromatic N) is 2. The normalized spacial score (nSPS) is 15.9. The van der Waals surface area contributed by atoms with E-state index in [-0.39, 0.29) is 12.2 Å². The third-order valence-electron chi connectivity index (χ3n) is 4.88. The summed E-state index contributed by atoms with van der Waals surface area (Å²) in [6.45, 7) is 3.78. The Kier molecular flexibility index (Phi) is 6.76. The van der Waals surface area contributed by atoms with Gasteiger partial charge < -0.3 is 10.1 Å². The van der Waals surface area contributed by atoms with Crippen LogP contribution in [0.3, 0.4) is 0 Å². The number of para-hydroxylation sites is 1. The first-order valence-corrected chi connectivity index (χ1v) is 9.39. The average molecular weight is 407 g/mol. The van der Waals surface area contributed by atoms with Gasteiger partial charge in [-0.15, -0.1) is 0 Å². The Morgan fingerprint density at radius 2 is 1.72 bits per heavy atom. The molecule has 0 atom stereocenters. The lowest BCUT2D eigenvalue weighted by atomic mass is 10.1. The summed E-state index contributed by atoms with van der Waals surface area (Å²) in [6, 6.07) is 12.9. The fourth-order valence-corrected chi connectivity index (χ4v) is 3.37. The SMILES string of the molecule is COc1cccc(CN2CCN(CC(=O)Nc3ccccc3C(F)(F)F)CC2)c1. The molecule has 1 aliphatic heterocycles. The molecule has 0 aliphatic carbocycles. The van der Waals surface area contributed by atoms with Crippen LogP contribution in [0, 0.1) is 0 Å². The summed E-state index contributed by atoms with van der Waals surface area (Å²) in [7, 11) is 1.63. The van der Waals surface area contributed by atoms with Crippen molar-refractivity contribution < 1.29 is 22.7 Å². The number of rotatable bonds is 6. The van der Waals surface area contributed by atoms with Crippen molar-refractivity contribution in [3.8, 4) is 5.75 Å². The lowest BCUT2D eigenvalue weighted by molar-refractivity contribution is -0.137. The van der Waals surface area contributed by atoms with Gasteiger partial charge in [0.25, 0.3) is 0 Å². The predicted molar refractivity (Wildman–Crippen MR) is 105 cm³/mol. The minimum atomic E-state index is -4.50. The third kappa shape index (κ3) is 5.95. The van der Waals surface area contributed by atoms with E-state index >= 15 is 0 Å². The van der Waals surface area contributed by atoms with Crippen molar-refractivity contribution in [2.24, 2.45) is 0 Å². The molecule has 1 heterocycles. The first-order valence-electron chi connectivity index (χ1n) is 9.39. The van der Waals surface area contributed by atoms with Gasteiger partial charge in [0, 0.05) is 32.7 Å². The number of carbonyl (C=O) groups excluding carboxylic acids is 1. The molecule has 8 heteroatoms. The van der Waals surface area contributed by atoms with E-state index in [1.165, 1.54) is 18.2 Å². The van der Waals surface area contributed by atoms with E-state index in [4.69, 9.17) is 4.74 Å². The number of benzene rings is 2. The Labute approximate surface area is 168 Å². The van der Waals surface area contributed by atoms with Gasteiger partial charge in [-0.05, 0) is 29.8 Å². The molecule has 1 aliphatic rings. The molecule has 29 heavy (non-hydrogen) atoms. The fraction of sp³-hybridized carbons (Fsp3) is 0.381. The van der Waals surface area contributed by atoms with E-state index in [0.717, 1.165) is 37.0 Å². The maximum absolute atomic E-state index is 13.1. The standard InChI is InChI=1S/C21H24F3N3O2/c1-29-17-6-4-5-16(13-17)14-26-9-11-27(12-10-26)15-20(28)25-19-8-3-2-7-18(19)21(22,23)24/h2-8,13H,9-12,14-15H2,1H3,(H,25,28). The minimum absolute atomic E-state index is 0.0686. The zero-order chi connectivity index (χ0) is 20.9. The van der Waals surface area contributed by atoms with E-state index < -0.39 is 17.6 Å². The maximum Gasteiger partial charge on any atom is 0.418 e. The molecule has 2 aromatic carbocycles. The molecule has 1 fully saturated rings. The first kappa shape index (κ1) is 21.1. The van der Waals surface area contributed by atoms with Crippen molar-refractivity contribution in [1.29, 1.82) is 0 Å². The van der Waals surface area contributed by atoms with E-state index in [2.05, 4.69) is 10.2 Å². The Bertz CT molecular complexity index is 834. The second-order valence-electron chi connectivity index (χ2n) is 7.00. The molecular formula is C21H24F3N3O2. The quantitative estimate of drug-likeness (QED) is 0.797. The Balaban J connectivity index is 1.49. The number of anilines is 1. The highest BCUT2D eigenvalue weighted by Crippen LogP contribution is 2.34. The molecule has 3 rings (SSSR count). The van der Waals surface area contributed by atoms with Crippen LogP contribution >= 0.6 is 0 Å². The number of alkyl halides is 3. The number of halogens is 3. The van der Waals surface area contributed by atoms with Gasteiger partial charge >= 0.3 is 6.18 Å². The second kappa shape index (κ2) is 9.28. The van der Waals surface area contributed by atoms with Crippen molar-refractivity contribution in [2.45, 2.75) is 12.7 Å². The highest BCUT2D eigenvalue weighted by atomic mass is 19.4. The van der Waals surface area contributed by atoms with Gasteiger partial charge in [0.2, 0.25) is 5.91 Å². The number of nitrogens with one attached hydrogen (secondary N) is 1. The topological polar surface area (TPSA) is 44.8 Å². The smallest absolute Gasteiger partial charge is 0.418 e. The number of amides is 1. The van der Waals surface area contributed by atoms with Crippen LogP contribution < -0.4 is 10.1 Å². The molecule has 0 spiro atoms. The molecule has 0 saturated carbocycles. The minimum Gasteiger partial charge on any atom is -0.497 e. The van der Waals surface area contributed by atoms with Gasteiger partial charge in [0.15, 0.2) is 0 Å². The number of methoxy groups -OCH3 is 1. The zero-order valence-corrected chi connectivity index (χ0v) is 16.2. The molecule has 5 nitrogen and oxygen atoms in total. The monoisotopic (exact) mass is 407 g/mol. The molecule has 0 bridgehead atoms. The van der Waals surface area contributed by atoms with Gasteiger partial charge in [0.1, 0.15) is 5.75 Å². The Morgan fingerprint density at radius 1 is 1.03 bits per heavy atom. The van der Waals surface area contributed by atoms with Crippen LogP contribution in [0.1, 0.15) is 11.1 Å². The molecule has 1 saturated heterocycles. The van der Waals surface area contributed by atoms with Gasteiger partial charge in [-0.25, -0.2) is 0 Å². The van der Waals surface area contributed by atoms with Crippen LogP contribution in [0.5, 0.6) is 5.75 Å². The summed E-state index contributed by atoms with van der Waals surface area (Å²) in [6.07, 6.45) is -4.50. The van der Waals surface area contributed by atoms with E-state index in [1.807, 2.05) is 29.2 Å². The highest BCUT2D eigenvalue weighted by molar-refractivity contribution is 5.93. The van der Waals surface area contributed by atoms with Crippen molar-refractivity contribution in [3.63, 3.8) is 0 Å². The van der Waals surface area contributed by atoms with E-state index in [0.29, 0.717) is 13.1 Å². The molecule has 1 amide bonds. The number of hydrogen-bond donors (Lipinski definition) is 1. The second-order valence-corrected chi connectivity index (χ2v) is 7.00. The molecule has 0 aromatic heterocycles. The van der Waals surface area contributed by atoms with Gasteiger partial charge in [-0.2, -0.15) is 13.2 Å². The van der Waals surface area contributed by atoms with Crippen molar-refractivity contribution >= 4 is 11.6 Å². The largest absolute Gasteiger partial charge is 0.497 e. The fourth-order valence-electron chi connectivity index (χ4n) is 3.37. The van der Waals surface area contributed by atoms with Gasteiger partial charge in [-0.3, -0.25) is 14.6 Å². The maximum atomic E-state index is 13.1. The first-order chi connectivity index (χ1) is 13.8. The van der Waals surface area contributed by atoms with Crippen LogP contribution in [-0.2, 0) is 17.5 Å². The van der Waals surface area contributed by atoms with Crippen LogP contribution in [0.15, 0.2) is 48.5 Å². The molecule has 156 valence electrons. The average Bonchev–Trinajstić information content (AvgIpc) is 2.69. The van der Waals surface area contributed by atoms with E-state index in [9.17, 15) is 18.0 Å². The Hall–Kier alpha value is -2.58. The number of piperazine rings is 1. The van der Waals surface area contributed by atoms with Crippen LogP contribution in [0.4, 0.5) is 18.9 Å². The van der Waals surface area contributed by atoms with Crippen LogP contribution in [0.25, 0.3) is 0 Å². The summed E-state index contributed by atoms with van der Waals surface area (Å²) >= 11 is 0. The summed E-state index contributed by atoms with van der Waals surface area (Å²) in [5.74, 6) is 0.375. The van der Waals surface area contributed by atoms with Gasteiger partial charge in [0.05, 0.1) is 24.9 Å². The van der Waals surface area contributed by atoms with Crippen molar-refractivity contribution in [3.05, 3.63) is 59.7 Å². The Morgan fingerprint density at radius 3 is 2.41 bits per heavy atom. The number of ether oxygens (including phenoxy) is 1. The molecule has 0 radical (unpaired) electrons. The third-order valence-corrected chi connectivity index (χ3v) is 4.88. The summed E-state index contributed by atoms with van der Waals surface area (Å²) < 4.78 is 44.4. The number of carbonyl (C=O) groups is 1. The lowest BCUT2D eigenvalue weighted by Crippen LogP contribution is -2.48. The highest BCUT2D eigenvalue weighted by Gasteiger charge is 2.33. The van der Waals surface area contributed by atoms with Gasteiger partial charge in [-0.1, -0.05) is 24.3 Å². The van der Waals surface area contributed by atoms with Crippen LogP contribution in [0.2, 0.25) is 0 Å². The molecule has 0 unspecified atom stereocenters. The molecule has 2 aromatic rings. The summed E-state index contributed by atoms with van der Waals surface area (Å²) in [5, 5.41) is 2.40. The van der Waals surface area contributed by atoms with Crippen LogP contribution in [-0.4, -0.2) is 55.5 Å². The van der Waals surface area contributed by atoms with Crippen molar-refractivity contribution in [1.82, 2.24) is 9.80 Å². The summed E-state index contributed by atoms with van der Waals surface area (Å²) in [4.78, 5) is 16.5. The van der Waals surface area contributed by atoms with E-state index in [1.54, 1.807) is 7.11 Å². The summed E-state index contributed by atoms with van der Waals surface area (Å²) in [5.41, 5.74) is 0.109. The molecular weight excluding hydrogens is 383 g/mol. The lowest BCUT2D eigenvalue weighted by Gasteiger charge is -2.34. The zero-order valence-electron chi connectivity index (χ0n) is 16.2. The van der Waals surface area contributed by atoms with Crippen molar-refractivity contribution in [2.75, 3.05) is 45.2 Å². The predicted octanol–water partition coefficient (Wildman–Crippen LogP) is 3.47. The number of hydrogen-bond acceptors (Lipinski definition) is 4. The molecule has 1 N–H and O–H groups in total.